The first-order valence-electron chi connectivity index (χ1n) is 5.09. The Hall–Kier alpha value is -0.120. The predicted molar refractivity (Wildman–Crippen MR) is 56.3 cm³/mol. The SMILES string of the molecule is CCOC(C)(C)C(NN)C(C)CC. The summed E-state index contributed by atoms with van der Waals surface area (Å²) in [5.74, 6) is 6.06. The predicted octanol–water partition coefficient (Wildman–Crippen LogP) is 1.68. The fourth-order valence-corrected chi connectivity index (χ4v) is 1.75. The fourth-order valence-electron chi connectivity index (χ4n) is 1.75. The molecule has 0 bridgehead atoms. The van der Waals surface area contributed by atoms with Crippen molar-refractivity contribution in [2.45, 2.75) is 52.7 Å². The van der Waals surface area contributed by atoms with E-state index >= 15 is 0 Å². The third-order valence-electron chi connectivity index (χ3n) is 2.66. The smallest absolute Gasteiger partial charge is 0.0794 e. The maximum atomic E-state index is 5.66. The zero-order valence-corrected chi connectivity index (χ0v) is 9.55. The number of ether oxygens (including phenoxy) is 1. The average Bonchev–Trinajstić information content (AvgIpc) is 2.04. The van der Waals surface area contributed by atoms with Gasteiger partial charge in [-0.25, -0.2) is 0 Å². The molecule has 0 aliphatic carbocycles. The van der Waals surface area contributed by atoms with E-state index in [0.717, 1.165) is 13.0 Å². The van der Waals surface area contributed by atoms with Gasteiger partial charge in [-0.1, -0.05) is 20.3 Å². The van der Waals surface area contributed by atoms with Crippen LogP contribution in [0.5, 0.6) is 0 Å². The number of rotatable bonds is 6. The summed E-state index contributed by atoms with van der Waals surface area (Å²) in [6, 6.07) is 0.206. The molecule has 0 aromatic rings. The second-order valence-electron chi connectivity index (χ2n) is 4.07. The van der Waals surface area contributed by atoms with Crippen molar-refractivity contribution >= 4 is 0 Å². The van der Waals surface area contributed by atoms with E-state index in [1.165, 1.54) is 0 Å². The molecule has 2 unspecified atom stereocenters. The van der Waals surface area contributed by atoms with Crippen LogP contribution in [0.15, 0.2) is 0 Å². The van der Waals surface area contributed by atoms with Crippen molar-refractivity contribution in [3.63, 3.8) is 0 Å². The Kier molecular flexibility index (Phi) is 5.53. The van der Waals surface area contributed by atoms with Gasteiger partial charge in [0.2, 0.25) is 0 Å². The van der Waals surface area contributed by atoms with Crippen LogP contribution in [-0.4, -0.2) is 18.2 Å². The summed E-state index contributed by atoms with van der Waals surface area (Å²) in [6.07, 6.45) is 1.10. The third-order valence-corrected chi connectivity index (χ3v) is 2.66. The monoisotopic (exact) mass is 188 g/mol. The van der Waals surface area contributed by atoms with Crippen LogP contribution in [0.4, 0.5) is 0 Å². The number of hydrazine groups is 1. The molecule has 0 aliphatic heterocycles. The van der Waals surface area contributed by atoms with Gasteiger partial charge in [0.15, 0.2) is 0 Å². The highest BCUT2D eigenvalue weighted by atomic mass is 16.5. The molecule has 0 aromatic carbocycles. The average molecular weight is 188 g/mol. The van der Waals surface area contributed by atoms with E-state index in [1.807, 2.05) is 6.92 Å². The summed E-state index contributed by atoms with van der Waals surface area (Å²) in [6.45, 7) is 11.2. The van der Waals surface area contributed by atoms with E-state index in [9.17, 15) is 0 Å². The summed E-state index contributed by atoms with van der Waals surface area (Å²) < 4.78 is 5.66. The van der Waals surface area contributed by atoms with Crippen LogP contribution in [0.2, 0.25) is 0 Å². The van der Waals surface area contributed by atoms with E-state index in [0.29, 0.717) is 5.92 Å². The van der Waals surface area contributed by atoms with Gasteiger partial charge in [0, 0.05) is 6.61 Å². The van der Waals surface area contributed by atoms with Crippen LogP contribution >= 0.6 is 0 Å². The van der Waals surface area contributed by atoms with E-state index < -0.39 is 0 Å². The van der Waals surface area contributed by atoms with Crippen LogP contribution in [0.25, 0.3) is 0 Å². The van der Waals surface area contributed by atoms with Gasteiger partial charge < -0.3 is 4.74 Å². The first-order valence-corrected chi connectivity index (χ1v) is 5.09. The first-order chi connectivity index (χ1) is 5.99. The highest BCUT2D eigenvalue weighted by Gasteiger charge is 2.32. The molecule has 0 rings (SSSR count). The molecule has 80 valence electrons. The highest BCUT2D eigenvalue weighted by molar-refractivity contribution is 4.87. The van der Waals surface area contributed by atoms with Crippen molar-refractivity contribution in [3.8, 4) is 0 Å². The van der Waals surface area contributed by atoms with Crippen LogP contribution < -0.4 is 11.3 Å². The second kappa shape index (κ2) is 5.58. The van der Waals surface area contributed by atoms with Crippen LogP contribution in [-0.2, 0) is 4.74 Å². The lowest BCUT2D eigenvalue weighted by molar-refractivity contribution is -0.0516. The zero-order valence-electron chi connectivity index (χ0n) is 9.55. The molecule has 0 fully saturated rings. The second-order valence-corrected chi connectivity index (χ2v) is 4.07. The first kappa shape index (κ1) is 12.9. The largest absolute Gasteiger partial charge is 0.374 e. The number of nitrogens with two attached hydrogens (primary N) is 1. The Morgan fingerprint density at radius 1 is 1.38 bits per heavy atom. The summed E-state index contributed by atoms with van der Waals surface area (Å²) in [5.41, 5.74) is 2.66. The summed E-state index contributed by atoms with van der Waals surface area (Å²) in [7, 11) is 0. The maximum Gasteiger partial charge on any atom is 0.0794 e. The number of hydrogen-bond acceptors (Lipinski definition) is 3. The van der Waals surface area contributed by atoms with Crippen molar-refractivity contribution in [1.82, 2.24) is 5.43 Å². The van der Waals surface area contributed by atoms with Crippen LogP contribution in [0, 0.1) is 5.92 Å². The minimum Gasteiger partial charge on any atom is -0.374 e. The Morgan fingerprint density at radius 2 is 1.92 bits per heavy atom. The highest BCUT2D eigenvalue weighted by Crippen LogP contribution is 2.22. The van der Waals surface area contributed by atoms with E-state index in [2.05, 4.69) is 33.1 Å². The Morgan fingerprint density at radius 3 is 2.23 bits per heavy atom. The summed E-state index contributed by atoms with van der Waals surface area (Å²) in [4.78, 5) is 0. The molecule has 0 aromatic heterocycles. The lowest BCUT2D eigenvalue weighted by Crippen LogP contribution is -2.54. The topological polar surface area (TPSA) is 47.3 Å². The zero-order chi connectivity index (χ0) is 10.5. The van der Waals surface area contributed by atoms with Gasteiger partial charge in [-0.2, -0.15) is 0 Å². The van der Waals surface area contributed by atoms with Crippen molar-refractivity contribution < 1.29 is 4.74 Å². The molecular formula is C10H24N2O. The normalized spacial score (nSPS) is 17.1. The fraction of sp³-hybridized carbons (Fsp3) is 1.00. The number of nitrogens with one attached hydrogen (secondary N) is 1. The molecule has 13 heavy (non-hydrogen) atoms. The molecule has 3 heteroatoms. The molecule has 3 nitrogen and oxygen atoms in total. The van der Waals surface area contributed by atoms with Gasteiger partial charge in [-0.05, 0) is 26.7 Å². The van der Waals surface area contributed by atoms with Gasteiger partial charge in [-0.15, -0.1) is 0 Å². The standard InChI is InChI=1S/C10H24N2O/c1-6-8(3)9(12-11)10(4,5)13-7-2/h8-9,12H,6-7,11H2,1-5H3. The van der Waals surface area contributed by atoms with E-state index in [4.69, 9.17) is 10.6 Å². The molecule has 0 radical (unpaired) electrons. The molecule has 0 saturated carbocycles. The molecule has 0 saturated heterocycles. The maximum absolute atomic E-state index is 5.66. The van der Waals surface area contributed by atoms with Crippen molar-refractivity contribution in [2.24, 2.45) is 11.8 Å². The minimum atomic E-state index is -0.196. The quantitative estimate of drug-likeness (QED) is 0.492. The Bertz CT molecular complexity index is 137. The van der Waals surface area contributed by atoms with Gasteiger partial charge >= 0.3 is 0 Å². The summed E-state index contributed by atoms with van der Waals surface area (Å²) in [5, 5.41) is 0. The van der Waals surface area contributed by atoms with Gasteiger partial charge in [-0.3, -0.25) is 11.3 Å². The Balaban J connectivity index is 4.35. The summed E-state index contributed by atoms with van der Waals surface area (Å²) >= 11 is 0. The van der Waals surface area contributed by atoms with Gasteiger partial charge in [0.1, 0.15) is 0 Å². The van der Waals surface area contributed by atoms with Crippen LogP contribution in [0.3, 0.4) is 0 Å². The van der Waals surface area contributed by atoms with Gasteiger partial charge in [0.25, 0.3) is 0 Å². The lowest BCUT2D eigenvalue weighted by atomic mass is 9.87. The van der Waals surface area contributed by atoms with Crippen LogP contribution in [0.1, 0.15) is 41.0 Å². The molecule has 2 atom stereocenters. The molecule has 0 amide bonds. The van der Waals surface area contributed by atoms with E-state index in [1.54, 1.807) is 0 Å². The minimum absolute atomic E-state index is 0.196. The van der Waals surface area contributed by atoms with Crippen molar-refractivity contribution in [2.75, 3.05) is 6.61 Å². The van der Waals surface area contributed by atoms with E-state index in [-0.39, 0.29) is 11.6 Å². The molecule has 0 spiro atoms. The Labute approximate surface area is 82.0 Å². The van der Waals surface area contributed by atoms with Gasteiger partial charge in [0.05, 0.1) is 11.6 Å². The molecule has 0 aliphatic rings. The van der Waals surface area contributed by atoms with Crippen molar-refractivity contribution in [3.05, 3.63) is 0 Å². The molecule has 0 heterocycles. The molecule has 3 N–H and O–H groups in total. The third kappa shape index (κ3) is 3.63. The van der Waals surface area contributed by atoms with Crippen molar-refractivity contribution in [1.29, 1.82) is 0 Å². The molecular weight excluding hydrogens is 164 g/mol. The lowest BCUT2D eigenvalue weighted by Gasteiger charge is -2.37. The number of hydrogen-bond donors (Lipinski definition) is 2.